The van der Waals surface area contributed by atoms with Gasteiger partial charge in [0.2, 0.25) is 5.52 Å². The molecule has 0 aliphatic heterocycles. The molecule has 3 aromatic carbocycles. The molecule has 0 unspecified atom stereocenters. The summed E-state index contributed by atoms with van der Waals surface area (Å²) in [5.41, 5.74) is 9.78. The molecule has 0 aliphatic carbocycles. The van der Waals surface area contributed by atoms with Gasteiger partial charge in [-0.05, 0) is 71.4 Å². The molecular formula is C32H35N2+. The van der Waals surface area contributed by atoms with Crippen molar-refractivity contribution >= 4 is 49.0 Å². The summed E-state index contributed by atoms with van der Waals surface area (Å²) in [6, 6.07) is 19.0. The SMILES string of the molecule is Cc1ccc2c3cc(CC(C)C)ccc3n3c4cc(CC(C)(C)C)cc5cc[n+](C)c(c1c23)c54. The number of rotatable bonds is 3. The Hall–Kier alpha value is -3.13. The molecule has 0 bridgehead atoms. The van der Waals surface area contributed by atoms with Gasteiger partial charge in [0.1, 0.15) is 7.05 Å². The van der Waals surface area contributed by atoms with Gasteiger partial charge in [-0.2, -0.15) is 0 Å². The van der Waals surface area contributed by atoms with E-state index in [0.717, 1.165) is 12.8 Å². The molecule has 0 amide bonds. The molecule has 2 heteroatoms. The van der Waals surface area contributed by atoms with Gasteiger partial charge in [-0.1, -0.05) is 58.9 Å². The molecule has 0 fully saturated rings. The zero-order chi connectivity index (χ0) is 23.9. The van der Waals surface area contributed by atoms with Crippen LogP contribution in [0, 0.1) is 18.3 Å². The van der Waals surface area contributed by atoms with Crippen LogP contribution in [0.25, 0.3) is 49.0 Å². The second-order valence-electron chi connectivity index (χ2n) is 12.0. The minimum Gasteiger partial charge on any atom is -0.307 e. The number of pyridine rings is 2. The third-order valence-electron chi connectivity index (χ3n) is 7.33. The van der Waals surface area contributed by atoms with E-state index in [-0.39, 0.29) is 5.41 Å². The maximum Gasteiger partial charge on any atom is 0.224 e. The fourth-order valence-corrected chi connectivity index (χ4v) is 6.14. The van der Waals surface area contributed by atoms with E-state index < -0.39 is 0 Å². The topological polar surface area (TPSA) is 8.29 Å². The smallest absolute Gasteiger partial charge is 0.224 e. The van der Waals surface area contributed by atoms with Crippen molar-refractivity contribution in [3.8, 4) is 0 Å². The highest BCUT2D eigenvalue weighted by atomic mass is 15.0. The summed E-state index contributed by atoms with van der Waals surface area (Å²) in [4.78, 5) is 0. The maximum atomic E-state index is 2.56. The summed E-state index contributed by atoms with van der Waals surface area (Å²) in [7, 11) is 2.19. The Bertz CT molecular complexity index is 1720. The van der Waals surface area contributed by atoms with Crippen molar-refractivity contribution in [1.82, 2.24) is 4.40 Å². The Balaban J connectivity index is 1.87. The van der Waals surface area contributed by atoms with E-state index in [4.69, 9.17) is 0 Å². The Labute approximate surface area is 202 Å². The molecule has 0 atom stereocenters. The fraction of sp³-hybridized carbons (Fsp3) is 0.344. The third kappa shape index (κ3) is 3.11. The molecule has 34 heavy (non-hydrogen) atoms. The van der Waals surface area contributed by atoms with Crippen LogP contribution >= 0.6 is 0 Å². The summed E-state index contributed by atoms with van der Waals surface area (Å²) in [5.74, 6) is 0.649. The summed E-state index contributed by atoms with van der Waals surface area (Å²) < 4.78 is 4.88. The highest BCUT2D eigenvalue weighted by Crippen LogP contribution is 2.41. The predicted molar refractivity (Wildman–Crippen MR) is 146 cm³/mol. The zero-order valence-electron chi connectivity index (χ0n) is 21.6. The van der Waals surface area contributed by atoms with E-state index >= 15 is 0 Å². The Morgan fingerprint density at radius 1 is 0.853 bits per heavy atom. The summed E-state index contributed by atoms with van der Waals surface area (Å²) in [6.45, 7) is 13.9. The number of hydrogen-bond acceptors (Lipinski definition) is 0. The Morgan fingerprint density at radius 3 is 2.38 bits per heavy atom. The van der Waals surface area contributed by atoms with Crippen LogP contribution in [-0.2, 0) is 19.9 Å². The lowest BCUT2D eigenvalue weighted by atomic mass is 9.87. The first-order valence-corrected chi connectivity index (χ1v) is 12.6. The molecule has 6 aromatic rings. The van der Waals surface area contributed by atoms with Gasteiger partial charge >= 0.3 is 0 Å². The molecule has 0 N–H and O–H groups in total. The van der Waals surface area contributed by atoms with E-state index in [1.807, 2.05) is 0 Å². The minimum absolute atomic E-state index is 0.242. The molecule has 2 nitrogen and oxygen atoms in total. The molecule has 3 heterocycles. The second-order valence-corrected chi connectivity index (χ2v) is 12.0. The quantitative estimate of drug-likeness (QED) is 0.148. The summed E-state index contributed by atoms with van der Waals surface area (Å²) in [5, 5.41) is 6.83. The number of aromatic nitrogens is 2. The van der Waals surface area contributed by atoms with Crippen molar-refractivity contribution in [3.05, 3.63) is 71.4 Å². The van der Waals surface area contributed by atoms with Gasteiger partial charge in [0.25, 0.3) is 0 Å². The molecule has 0 radical (unpaired) electrons. The normalized spacial score (nSPS) is 13.1. The van der Waals surface area contributed by atoms with Crippen LogP contribution in [0.1, 0.15) is 51.3 Å². The van der Waals surface area contributed by atoms with E-state index in [1.54, 1.807) is 0 Å². The highest BCUT2D eigenvalue weighted by molar-refractivity contribution is 6.25. The van der Waals surface area contributed by atoms with Gasteiger partial charge in [0.05, 0.1) is 27.3 Å². The van der Waals surface area contributed by atoms with Crippen molar-refractivity contribution in [2.45, 2.75) is 54.4 Å². The maximum absolute atomic E-state index is 2.56. The van der Waals surface area contributed by atoms with Crippen molar-refractivity contribution < 1.29 is 4.57 Å². The predicted octanol–water partition coefficient (Wildman–Crippen LogP) is 7.91. The average molecular weight is 448 g/mol. The lowest BCUT2D eigenvalue weighted by Crippen LogP contribution is -2.29. The lowest BCUT2D eigenvalue weighted by molar-refractivity contribution is -0.643. The largest absolute Gasteiger partial charge is 0.307 e. The fourth-order valence-electron chi connectivity index (χ4n) is 6.14. The Morgan fingerprint density at radius 2 is 1.65 bits per heavy atom. The Kier molecular flexibility index (Phi) is 4.52. The van der Waals surface area contributed by atoms with E-state index in [2.05, 4.69) is 112 Å². The number of benzene rings is 3. The van der Waals surface area contributed by atoms with Crippen LogP contribution in [0.5, 0.6) is 0 Å². The van der Waals surface area contributed by atoms with Crippen molar-refractivity contribution in [2.24, 2.45) is 18.4 Å². The first-order valence-electron chi connectivity index (χ1n) is 12.6. The van der Waals surface area contributed by atoms with Gasteiger partial charge in [0, 0.05) is 16.8 Å². The van der Waals surface area contributed by atoms with Crippen LogP contribution in [0.15, 0.2) is 54.7 Å². The van der Waals surface area contributed by atoms with E-state index in [1.165, 1.54) is 65.7 Å². The van der Waals surface area contributed by atoms with E-state index in [0.29, 0.717) is 5.92 Å². The van der Waals surface area contributed by atoms with Crippen LogP contribution in [-0.4, -0.2) is 4.40 Å². The van der Waals surface area contributed by atoms with Crippen LogP contribution in [0.4, 0.5) is 0 Å². The van der Waals surface area contributed by atoms with Crippen LogP contribution in [0.3, 0.4) is 0 Å². The van der Waals surface area contributed by atoms with Crippen molar-refractivity contribution in [2.75, 3.05) is 0 Å². The molecule has 0 spiro atoms. The molecule has 0 saturated carbocycles. The lowest BCUT2D eigenvalue weighted by Gasteiger charge is -2.20. The van der Waals surface area contributed by atoms with E-state index in [9.17, 15) is 0 Å². The first-order chi connectivity index (χ1) is 16.1. The molecule has 3 aromatic heterocycles. The highest BCUT2D eigenvalue weighted by Gasteiger charge is 2.25. The summed E-state index contributed by atoms with van der Waals surface area (Å²) in [6.07, 6.45) is 4.41. The third-order valence-corrected chi connectivity index (χ3v) is 7.33. The van der Waals surface area contributed by atoms with Gasteiger partial charge in [-0.25, -0.2) is 4.57 Å². The molecular weight excluding hydrogens is 412 g/mol. The van der Waals surface area contributed by atoms with Gasteiger partial charge in [-0.3, -0.25) is 0 Å². The van der Waals surface area contributed by atoms with Gasteiger partial charge in [0.15, 0.2) is 6.20 Å². The second kappa shape index (κ2) is 7.18. The minimum atomic E-state index is 0.242. The van der Waals surface area contributed by atoms with Gasteiger partial charge in [-0.15, -0.1) is 0 Å². The monoisotopic (exact) mass is 447 g/mol. The van der Waals surface area contributed by atoms with Gasteiger partial charge < -0.3 is 4.40 Å². The average Bonchev–Trinajstić information content (AvgIpc) is 3.07. The molecule has 172 valence electrons. The van der Waals surface area contributed by atoms with Crippen LogP contribution < -0.4 is 4.57 Å². The first kappa shape index (κ1) is 21.4. The molecule has 0 aliphatic rings. The number of aryl methyl sites for hydroxylation is 2. The van der Waals surface area contributed by atoms with Crippen molar-refractivity contribution in [1.29, 1.82) is 0 Å². The summed E-state index contributed by atoms with van der Waals surface area (Å²) >= 11 is 0. The zero-order valence-corrected chi connectivity index (χ0v) is 21.6. The molecule has 6 rings (SSSR count). The number of fused-ring (bicyclic) bond motifs is 5. The van der Waals surface area contributed by atoms with Crippen LogP contribution in [0.2, 0.25) is 0 Å². The number of hydrogen-bond donors (Lipinski definition) is 0. The molecule has 0 saturated heterocycles. The van der Waals surface area contributed by atoms with Crippen molar-refractivity contribution in [3.63, 3.8) is 0 Å². The number of nitrogens with zero attached hydrogens (tertiary/aromatic N) is 2. The standard InChI is InChI=1S/C32H35N2/c1-19(2)14-21-9-11-26-25(16-21)24-10-8-20(3)28-30(24)34(26)27-17-22(18-32(4,5)6)15-23-12-13-33(7)31(28)29(23)27/h8-13,15-17,19H,14,18H2,1-7H3/q+1.